The van der Waals surface area contributed by atoms with Gasteiger partial charge in [0.25, 0.3) is 0 Å². The van der Waals surface area contributed by atoms with E-state index in [4.69, 9.17) is 0 Å². The predicted molar refractivity (Wildman–Crippen MR) is 71.0 cm³/mol. The van der Waals surface area contributed by atoms with E-state index in [2.05, 4.69) is 24.3 Å². The molecule has 0 aliphatic heterocycles. The normalized spacial score (nSPS) is 21.8. The SMILES string of the molecule is CC(C)C(=O)N[C@H]1CC(C)(C)Cc2c1cnn2C. The van der Waals surface area contributed by atoms with Gasteiger partial charge < -0.3 is 5.32 Å². The van der Waals surface area contributed by atoms with Crippen LogP contribution < -0.4 is 5.32 Å². The van der Waals surface area contributed by atoms with Gasteiger partial charge in [0.15, 0.2) is 0 Å². The van der Waals surface area contributed by atoms with Crippen LogP contribution in [0.1, 0.15) is 51.4 Å². The second-order valence-corrected chi connectivity index (χ2v) is 6.43. The van der Waals surface area contributed by atoms with Gasteiger partial charge in [0.2, 0.25) is 5.91 Å². The third-order valence-corrected chi connectivity index (χ3v) is 3.71. The van der Waals surface area contributed by atoms with E-state index in [1.165, 1.54) is 11.3 Å². The van der Waals surface area contributed by atoms with E-state index < -0.39 is 0 Å². The van der Waals surface area contributed by atoms with Crippen LogP contribution in [-0.4, -0.2) is 15.7 Å². The van der Waals surface area contributed by atoms with Gasteiger partial charge in [0.05, 0.1) is 12.2 Å². The zero-order chi connectivity index (χ0) is 13.5. The summed E-state index contributed by atoms with van der Waals surface area (Å²) in [7, 11) is 1.97. The molecule has 1 N–H and O–H groups in total. The summed E-state index contributed by atoms with van der Waals surface area (Å²) in [6.45, 7) is 8.34. The maximum atomic E-state index is 11.9. The molecule has 0 bridgehead atoms. The van der Waals surface area contributed by atoms with E-state index in [1.54, 1.807) is 0 Å². The van der Waals surface area contributed by atoms with Crippen molar-refractivity contribution >= 4 is 5.91 Å². The molecule has 0 radical (unpaired) electrons. The zero-order valence-corrected chi connectivity index (χ0v) is 11.9. The molecule has 1 atom stereocenters. The van der Waals surface area contributed by atoms with E-state index in [-0.39, 0.29) is 23.3 Å². The van der Waals surface area contributed by atoms with Gasteiger partial charge in [-0.25, -0.2) is 0 Å². The Bertz CT molecular complexity index is 460. The Morgan fingerprint density at radius 2 is 2.22 bits per heavy atom. The lowest BCUT2D eigenvalue weighted by Crippen LogP contribution is -2.38. The minimum atomic E-state index is 0.0233. The fraction of sp³-hybridized carbons (Fsp3) is 0.714. The maximum Gasteiger partial charge on any atom is 0.223 e. The minimum Gasteiger partial charge on any atom is -0.349 e. The Morgan fingerprint density at radius 3 is 2.83 bits per heavy atom. The van der Waals surface area contributed by atoms with Crippen molar-refractivity contribution in [3.05, 3.63) is 17.5 Å². The third-order valence-electron chi connectivity index (χ3n) is 3.71. The highest BCUT2D eigenvalue weighted by molar-refractivity contribution is 5.78. The van der Waals surface area contributed by atoms with Crippen molar-refractivity contribution in [2.75, 3.05) is 0 Å². The molecule has 0 saturated carbocycles. The monoisotopic (exact) mass is 249 g/mol. The molecule has 4 heteroatoms. The first-order chi connectivity index (χ1) is 8.30. The van der Waals surface area contributed by atoms with Crippen molar-refractivity contribution < 1.29 is 4.79 Å². The Morgan fingerprint density at radius 1 is 1.56 bits per heavy atom. The lowest BCUT2D eigenvalue weighted by molar-refractivity contribution is -0.125. The first kappa shape index (κ1) is 13.1. The van der Waals surface area contributed by atoms with Crippen molar-refractivity contribution in [3.8, 4) is 0 Å². The highest BCUT2D eigenvalue weighted by Gasteiger charge is 2.35. The number of aryl methyl sites for hydroxylation is 1. The molecule has 1 aromatic rings. The fourth-order valence-corrected chi connectivity index (χ4v) is 2.64. The number of fused-ring (bicyclic) bond motifs is 1. The highest BCUT2D eigenvalue weighted by Crippen LogP contribution is 2.40. The van der Waals surface area contributed by atoms with Gasteiger partial charge in [-0.1, -0.05) is 27.7 Å². The summed E-state index contributed by atoms with van der Waals surface area (Å²) in [5.41, 5.74) is 2.64. The Kier molecular flexibility index (Phi) is 3.21. The average molecular weight is 249 g/mol. The standard InChI is InChI=1S/C14H23N3O/c1-9(2)13(18)16-11-6-14(3,4)7-12-10(11)8-15-17(12)5/h8-9,11H,6-7H2,1-5H3,(H,16,18)/t11-/m0/s1. The Hall–Kier alpha value is -1.32. The molecule has 1 aliphatic carbocycles. The molecule has 100 valence electrons. The summed E-state index contributed by atoms with van der Waals surface area (Å²) in [5.74, 6) is 0.141. The topological polar surface area (TPSA) is 46.9 Å². The number of amides is 1. The molecule has 0 saturated heterocycles. The van der Waals surface area contributed by atoms with E-state index in [9.17, 15) is 4.79 Å². The molecular formula is C14H23N3O. The molecule has 1 amide bonds. The molecule has 2 rings (SSSR count). The molecule has 1 aliphatic rings. The Labute approximate surface area is 109 Å². The fourth-order valence-electron chi connectivity index (χ4n) is 2.64. The van der Waals surface area contributed by atoms with Gasteiger partial charge in [-0.3, -0.25) is 9.48 Å². The lowest BCUT2D eigenvalue weighted by atomic mass is 9.74. The van der Waals surface area contributed by atoms with Gasteiger partial charge in [0, 0.05) is 24.2 Å². The third kappa shape index (κ3) is 2.42. The first-order valence-electron chi connectivity index (χ1n) is 6.61. The van der Waals surface area contributed by atoms with Crippen molar-refractivity contribution in [1.29, 1.82) is 0 Å². The number of hydrogen-bond acceptors (Lipinski definition) is 2. The molecule has 1 heterocycles. The minimum absolute atomic E-state index is 0.0233. The number of nitrogens with zero attached hydrogens (tertiary/aromatic N) is 2. The van der Waals surface area contributed by atoms with Gasteiger partial charge in [-0.2, -0.15) is 5.10 Å². The lowest BCUT2D eigenvalue weighted by Gasteiger charge is -2.36. The molecule has 0 fully saturated rings. The van der Waals surface area contributed by atoms with Crippen molar-refractivity contribution in [2.24, 2.45) is 18.4 Å². The summed E-state index contributed by atoms with van der Waals surface area (Å²) in [6.07, 6.45) is 3.90. The van der Waals surface area contributed by atoms with Crippen LogP contribution in [0.2, 0.25) is 0 Å². The molecule has 1 aromatic heterocycles. The van der Waals surface area contributed by atoms with Crippen LogP contribution in [0.25, 0.3) is 0 Å². The summed E-state index contributed by atoms with van der Waals surface area (Å²) in [4.78, 5) is 11.9. The average Bonchev–Trinajstić information content (AvgIpc) is 2.59. The maximum absolute atomic E-state index is 11.9. The number of rotatable bonds is 2. The van der Waals surface area contributed by atoms with Crippen molar-refractivity contribution in [1.82, 2.24) is 15.1 Å². The first-order valence-corrected chi connectivity index (χ1v) is 6.61. The molecule has 18 heavy (non-hydrogen) atoms. The smallest absolute Gasteiger partial charge is 0.223 e. The molecule has 0 aromatic carbocycles. The highest BCUT2D eigenvalue weighted by atomic mass is 16.1. The summed E-state index contributed by atoms with van der Waals surface area (Å²) >= 11 is 0. The number of carbonyl (C=O) groups is 1. The zero-order valence-electron chi connectivity index (χ0n) is 11.9. The number of aromatic nitrogens is 2. The van der Waals surface area contributed by atoms with E-state index in [1.807, 2.05) is 31.8 Å². The van der Waals surface area contributed by atoms with Crippen LogP contribution in [0.4, 0.5) is 0 Å². The van der Waals surface area contributed by atoms with Gasteiger partial charge >= 0.3 is 0 Å². The Balaban J connectivity index is 2.28. The van der Waals surface area contributed by atoms with Crippen LogP contribution in [0.5, 0.6) is 0 Å². The van der Waals surface area contributed by atoms with Crippen LogP contribution in [0, 0.1) is 11.3 Å². The van der Waals surface area contributed by atoms with Gasteiger partial charge in [-0.15, -0.1) is 0 Å². The second-order valence-electron chi connectivity index (χ2n) is 6.43. The van der Waals surface area contributed by atoms with Crippen LogP contribution in [0.15, 0.2) is 6.20 Å². The second kappa shape index (κ2) is 4.41. The molecule has 0 spiro atoms. The summed E-state index contributed by atoms with van der Waals surface area (Å²) in [6, 6.07) is 0.104. The summed E-state index contributed by atoms with van der Waals surface area (Å²) in [5, 5.41) is 7.48. The van der Waals surface area contributed by atoms with Crippen LogP contribution in [0.3, 0.4) is 0 Å². The number of carbonyl (C=O) groups excluding carboxylic acids is 1. The van der Waals surface area contributed by atoms with Gasteiger partial charge in [0.1, 0.15) is 0 Å². The van der Waals surface area contributed by atoms with Crippen LogP contribution in [-0.2, 0) is 18.3 Å². The van der Waals surface area contributed by atoms with Crippen molar-refractivity contribution in [2.45, 2.75) is 46.6 Å². The van der Waals surface area contributed by atoms with Crippen molar-refractivity contribution in [3.63, 3.8) is 0 Å². The van der Waals surface area contributed by atoms with E-state index in [0.717, 1.165) is 12.8 Å². The van der Waals surface area contributed by atoms with Gasteiger partial charge in [-0.05, 0) is 18.3 Å². The van der Waals surface area contributed by atoms with Crippen LogP contribution >= 0.6 is 0 Å². The van der Waals surface area contributed by atoms with E-state index in [0.29, 0.717) is 0 Å². The number of hydrogen-bond donors (Lipinski definition) is 1. The molecule has 0 unspecified atom stereocenters. The predicted octanol–water partition coefficient (Wildman–Crippen LogP) is 2.21. The largest absolute Gasteiger partial charge is 0.349 e. The van der Waals surface area contributed by atoms with E-state index >= 15 is 0 Å². The molecular weight excluding hydrogens is 226 g/mol. The quantitative estimate of drug-likeness (QED) is 0.873. The number of nitrogens with one attached hydrogen (secondary N) is 1. The molecule has 4 nitrogen and oxygen atoms in total. The summed E-state index contributed by atoms with van der Waals surface area (Å²) < 4.78 is 1.94.